The van der Waals surface area contributed by atoms with Crippen LogP contribution < -0.4 is 5.73 Å². The molecular weight excluding hydrogens is 136 g/mol. The molecule has 0 aromatic carbocycles. The second-order valence-electron chi connectivity index (χ2n) is 0.647. The highest BCUT2D eigenvalue weighted by Gasteiger charge is 1.78. The molecule has 0 atom stereocenters. The summed E-state index contributed by atoms with van der Waals surface area (Å²) >= 11 is 3.96. The lowest BCUT2D eigenvalue weighted by atomic mass is 11.2. The number of hydrogen-bond donors (Lipinski definition) is 1. The Balaban J connectivity index is 4.26. The Morgan fingerprint density at radius 1 is 1.86 bits per heavy atom. The fourth-order valence-corrected chi connectivity index (χ4v) is 0.441. The summed E-state index contributed by atoms with van der Waals surface area (Å²) in [6.45, 7) is 0. The molecule has 0 aliphatic carbocycles. The minimum Gasteiger partial charge on any atom is -0.349 e. The molecule has 7 heavy (non-hydrogen) atoms. The van der Waals surface area contributed by atoms with Crippen molar-refractivity contribution in [1.29, 1.82) is 0 Å². The van der Waals surface area contributed by atoms with Gasteiger partial charge in [-0.05, 0) is 0 Å². The molecule has 0 spiro atoms. The standard InChI is InChI=1S/CH2N2O2S2/c2-1(4)3-7(5)6/h(H2,2,4). The molecule has 0 bridgehead atoms. The second kappa shape index (κ2) is 2.64. The number of nitrogens with two attached hydrogens (primary N) is 1. The Labute approximate surface area is 46.2 Å². The zero-order chi connectivity index (χ0) is 5.86. The highest BCUT2D eigenvalue weighted by molar-refractivity contribution is 8.16. The van der Waals surface area contributed by atoms with Crippen molar-refractivity contribution < 1.29 is 9.00 Å². The number of primary amides is 1. The molecule has 0 unspecified atom stereocenters. The summed E-state index contributed by atoms with van der Waals surface area (Å²) in [5.74, 6) is 0. The van der Waals surface area contributed by atoms with E-state index in [2.05, 4.69) is 21.3 Å². The van der Waals surface area contributed by atoms with Gasteiger partial charge in [-0.3, -0.25) is 0 Å². The first-order valence-electron chi connectivity index (χ1n) is 1.23. The monoisotopic (exact) mass is 138 g/mol. The van der Waals surface area contributed by atoms with Gasteiger partial charge in [-0.15, -0.1) is 0 Å². The SMILES string of the molecule is NC(=O)N=S(=O)=S. The third-order valence-corrected chi connectivity index (χ3v) is 0.717. The van der Waals surface area contributed by atoms with Gasteiger partial charge in [0.05, 0.1) is 0 Å². The van der Waals surface area contributed by atoms with E-state index >= 15 is 0 Å². The second-order valence-corrected chi connectivity index (χ2v) is 2.12. The molecule has 0 aliphatic rings. The molecule has 6 heteroatoms. The summed E-state index contributed by atoms with van der Waals surface area (Å²) in [7, 11) is -1.86. The van der Waals surface area contributed by atoms with Crippen LogP contribution in [0.1, 0.15) is 0 Å². The molecule has 0 radical (unpaired) electrons. The van der Waals surface area contributed by atoms with Crippen LogP contribution in [0.25, 0.3) is 0 Å². The highest BCUT2D eigenvalue weighted by Crippen LogP contribution is 1.61. The van der Waals surface area contributed by atoms with Crippen molar-refractivity contribution in [3.63, 3.8) is 0 Å². The van der Waals surface area contributed by atoms with Gasteiger partial charge in [0.25, 0.3) is 0 Å². The van der Waals surface area contributed by atoms with E-state index in [0.29, 0.717) is 0 Å². The number of amides is 2. The molecule has 0 fully saturated rings. The van der Waals surface area contributed by atoms with Crippen molar-refractivity contribution in [2.45, 2.75) is 0 Å². The fourth-order valence-electron chi connectivity index (χ4n) is 0.0735. The summed E-state index contributed by atoms with van der Waals surface area (Å²) in [4.78, 5) is 9.61. The number of carbonyl (C=O) groups is 1. The molecule has 40 valence electrons. The van der Waals surface area contributed by atoms with E-state index in [1.165, 1.54) is 0 Å². The van der Waals surface area contributed by atoms with Gasteiger partial charge in [0.1, 0.15) is 0 Å². The van der Waals surface area contributed by atoms with Crippen molar-refractivity contribution in [2.24, 2.45) is 10.1 Å². The van der Waals surface area contributed by atoms with Gasteiger partial charge >= 0.3 is 6.03 Å². The smallest absolute Gasteiger partial charge is 0.349 e. The number of carbonyl (C=O) groups excluding carboxylic acids is 1. The third kappa shape index (κ3) is 5.51. The molecule has 0 saturated carbocycles. The Kier molecular flexibility index (Phi) is 2.46. The van der Waals surface area contributed by atoms with Gasteiger partial charge in [-0.2, -0.15) is 4.21 Å². The van der Waals surface area contributed by atoms with E-state index in [4.69, 9.17) is 0 Å². The van der Waals surface area contributed by atoms with Gasteiger partial charge in [0, 0.05) is 11.2 Å². The summed E-state index contributed by atoms with van der Waals surface area (Å²) in [6, 6.07) is -0.992. The molecule has 4 nitrogen and oxygen atoms in total. The van der Waals surface area contributed by atoms with Crippen molar-refractivity contribution in [3.8, 4) is 0 Å². The van der Waals surface area contributed by atoms with Crippen LogP contribution in [0.3, 0.4) is 0 Å². The average Bonchev–Trinajstić information content (AvgIpc) is 1.27. The maximum Gasteiger partial charge on any atom is 0.351 e. The van der Waals surface area contributed by atoms with E-state index in [1.807, 2.05) is 0 Å². The minimum atomic E-state index is -1.86. The molecular formula is CH2N2O2S2. The fraction of sp³-hybridized carbons (Fsp3) is 0. The largest absolute Gasteiger partial charge is 0.351 e. The summed E-state index contributed by atoms with van der Waals surface area (Å²) in [6.07, 6.45) is 0. The molecule has 2 N–H and O–H groups in total. The summed E-state index contributed by atoms with van der Waals surface area (Å²) < 4.78 is 12.4. The van der Waals surface area contributed by atoms with Crippen LogP contribution in [-0.2, 0) is 20.3 Å². The van der Waals surface area contributed by atoms with E-state index < -0.39 is 15.2 Å². The van der Waals surface area contributed by atoms with Gasteiger partial charge in [0.15, 0.2) is 9.16 Å². The van der Waals surface area contributed by atoms with Crippen LogP contribution in [0, 0.1) is 0 Å². The number of rotatable bonds is 0. The molecule has 2 amide bonds. The first kappa shape index (κ1) is 6.51. The van der Waals surface area contributed by atoms with Crippen molar-refractivity contribution in [2.75, 3.05) is 0 Å². The Morgan fingerprint density at radius 2 is 2.29 bits per heavy atom. The van der Waals surface area contributed by atoms with Gasteiger partial charge < -0.3 is 5.73 Å². The van der Waals surface area contributed by atoms with Crippen LogP contribution in [-0.4, -0.2) is 10.2 Å². The van der Waals surface area contributed by atoms with E-state index in [9.17, 15) is 9.00 Å². The first-order chi connectivity index (χ1) is 3.13. The molecule has 0 heterocycles. The normalized spacial score (nSPS) is 7.43. The van der Waals surface area contributed by atoms with Crippen molar-refractivity contribution in [3.05, 3.63) is 0 Å². The zero-order valence-corrected chi connectivity index (χ0v) is 4.79. The number of hydrogen-bond acceptors (Lipinski definition) is 3. The highest BCUT2D eigenvalue weighted by atomic mass is 32.8. The molecule has 0 aromatic rings. The predicted molar refractivity (Wildman–Crippen MR) is 27.5 cm³/mol. The van der Waals surface area contributed by atoms with Crippen molar-refractivity contribution in [1.82, 2.24) is 0 Å². The lowest BCUT2D eigenvalue weighted by molar-refractivity contribution is 0.257. The Hall–Kier alpha value is -0.490. The minimum absolute atomic E-state index is 0.992. The number of urea groups is 1. The van der Waals surface area contributed by atoms with Gasteiger partial charge in [-0.25, -0.2) is 4.79 Å². The Morgan fingerprint density at radius 3 is 2.29 bits per heavy atom. The van der Waals surface area contributed by atoms with Crippen molar-refractivity contribution >= 4 is 26.4 Å². The topological polar surface area (TPSA) is 72.5 Å². The van der Waals surface area contributed by atoms with E-state index in [1.54, 1.807) is 0 Å². The van der Waals surface area contributed by atoms with E-state index in [0.717, 1.165) is 0 Å². The third-order valence-electron chi connectivity index (χ3n) is 0.165. The lowest BCUT2D eigenvalue weighted by Gasteiger charge is -1.65. The Bertz CT molecular complexity index is 182. The van der Waals surface area contributed by atoms with Gasteiger partial charge in [-0.1, -0.05) is 4.36 Å². The predicted octanol–water partition coefficient (Wildman–Crippen LogP) is -0.541. The molecule has 0 rings (SSSR count). The summed E-state index contributed by atoms with van der Waals surface area (Å²) in [5.41, 5.74) is 4.43. The summed E-state index contributed by atoms with van der Waals surface area (Å²) in [5, 5.41) is 0. The van der Waals surface area contributed by atoms with Crippen LogP contribution in [0.2, 0.25) is 0 Å². The van der Waals surface area contributed by atoms with Gasteiger partial charge in [0.2, 0.25) is 0 Å². The van der Waals surface area contributed by atoms with Crippen LogP contribution >= 0.6 is 0 Å². The molecule has 0 aliphatic heterocycles. The average molecular weight is 138 g/mol. The van der Waals surface area contributed by atoms with Crippen LogP contribution in [0.4, 0.5) is 4.79 Å². The van der Waals surface area contributed by atoms with Crippen LogP contribution in [0.5, 0.6) is 0 Å². The zero-order valence-electron chi connectivity index (χ0n) is 3.16. The number of nitrogens with zero attached hydrogens (tertiary/aromatic N) is 1. The van der Waals surface area contributed by atoms with E-state index in [-0.39, 0.29) is 0 Å². The van der Waals surface area contributed by atoms with Crippen LogP contribution in [0.15, 0.2) is 4.36 Å². The lowest BCUT2D eigenvalue weighted by Crippen LogP contribution is -2.02. The quantitative estimate of drug-likeness (QED) is 0.488. The maximum absolute atomic E-state index is 9.71. The molecule has 0 aromatic heterocycles. The maximum atomic E-state index is 9.71. The first-order valence-corrected chi connectivity index (χ1v) is 3.26. The molecule has 0 saturated heterocycles.